The monoisotopic (exact) mass is 563 g/mol. The van der Waals surface area contributed by atoms with Gasteiger partial charge < -0.3 is 0 Å². The van der Waals surface area contributed by atoms with Gasteiger partial charge in [-0.15, -0.1) is 0 Å². The molecule has 9 rings (SSSR count). The molecule has 0 fully saturated rings. The first-order valence-electron chi connectivity index (χ1n) is 14.7. The van der Waals surface area contributed by atoms with Gasteiger partial charge in [-0.1, -0.05) is 121 Å². The third-order valence-corrected chi connectivity index (χ3v) is 8.40. The highest BCUT2D eigenvalue weighted by molar-refractivity contribution is 6.11. The molecule has 0 saturated heterocycles. The first-order valence-corrected chi connectivity index (χ1v) is 14.7. The molecule has 0 radical (unpaired) electrons. The Morgan fingerprint density at radius 1 is 0.318 bits per heavy atom. The van der Waals surface area contributed by atoms with Crippen LogP contribution in [-0.4, -0.2) is 24.1 Å². The Morgan fingerprint density at radius 2 is 0.750 bits per heavy atom. The molecule has 9 aromatic rings. The molecule has 0 atom stereocenters. The number of para-hydroxylation sites is 3. The van der Waals surface area contributed by atoms with E-state index >= 15 is 0 Å². The summed E-state index contributed by atoms with van der Waals surface area (Å²) in [7, 11) is 0. The molecule has 0 amide bonds. The van der Waals surface area contributed by atoms with Crippen LogP contribution < -0.4 is 0 Å². The van der Waals surface area contributed by atoms with Crippen molar-refractivity contribution in [2.45, 2.75) is 0 Å². The van der Waals surface area contributed by atoms with Gasteiger partial charge in [0.15, 0.2) is 5.82 Å². The summed E-state index contributed by atoms with van der Waals surface area (Å²) < 4.78 is 4.33. The van der Waals surface area contributed by atoms with E-state index in [4.69, 9.17) is 15.0 Å². The van der Waals surface area contributed by atoms with Gasteiger partial charge in [-0.2, -0.15) is 15.0 Å². The molecule has 3 heterocycles. The number of hydrogen-bond donors (Lipinski definition) is 0. The normalized spacial score (nSPS) is 11.6. The molecule has 6 aromatic carbocycles. The summed E-state index contributed by atoms with van der Waals surface area (Å²) in [5.74, 6) is 1.78. The Hall–Kier alpha value is -6.07. The topological polar surface area (TPSA) is 48.5 Å². The van der Waals surface area contributed by atoms with Gasteiger partial charge in [-0.05, 0) is 41.5 Å². The average molecular weight is 564 g/mol. The number of aromatic nitrogens is 5. The van der Waals surface area contributed by atoms with Crippen LogP contribution in [0.2, 0.25) is 0 Å². The molecular weight excluding hydrogens is 538 g/mol. The maximum Gasteiger partial charge on any atom is 0.240 e. The summed E-state index contributed by atoms with van der Waals surface area (Å²) >= 11 is 0. The Bertz CT molecular complexity index is 2440. The Balaban J connectivity index is 1.36. The maximum absolute atomic E-state index is 5.23. The van der Waals surface area contributed by atoms with E-state index in [1.807, 2.05) is 36.4 Å². The second-order valence-corrected chi connectivity index (χ2v) is 10.9. The molecule has 3 aromatic heterocycles. The summed E-state index contributed by atoms with van der Waals surface area (Å²) in [4.78, 5) is 15.5. The summed E-state index contributed by atoms with van der Waals surface area (Å²) in [6, 6.07) is 52.6. The van der Waals surface area contributed by atoms with Gasteiger partial charge in [0, 0.05) is 27.1 Å². The number of hydrogen-bond acceptors (Lipinski definition) is 3. The highest BCUT2D eigenvalue weighted by atomic mass is 15.3. The summed E-state index contributed by atoms with van der Waals surface area (Å²) in [5.41, 5.74) is 7.50. The van der Waals surface area contributed by atoms with Gasteiger partial charge in [0.1, 0.15) is 0 Å². The van der Waals surface area contributed by atoms with Crippen molar-refractivity contribution in [3.8, 4) is 34.4 Å². The molecule has 0 N–H and O–H groups in total. The van der Waals surface area contributed by atoms with Crippen LogP contribution in [0.4, 0.5) is 0 Å². The summed E-state index contributed by atoms with van der Waals surface area (Å²) in [6.45, 7) is 0. The van der Waals surface area contributed by atoms with Crippen LogP contribution in [0.1, 0.15) is 0 Å². The second-order valence-electron chi connectivity index (χ2n) is 10.9. The quantitative estimate of drug-likeness (QED) is 0.214. The first kappa shape index (κ1) is 24.5. The predicted octanol–water partition coefficient (Wildman–Crippen LogP) is 9.40. The molecule has 0 bridgehead atoms. The second kappa shape index (κ2) is 9.75. The van der Waals surface area contributed by atoms with Crippen LogP contribution in [0.3, 0.4) is 0 Å². The number of fused-ring (bicyclic) bond motifs is 6. The third kappa shape index (κ3) is 3.76. The smallest absolute Gasteiger partial charge is 0.240 e. The standard InChI is InChI=1S/C39H25N5/c1-3-13-26(14-4-1)28-23-24-36-32(25-28)31-19-9-12-22-35(31)44(36)39-41-37(27-15-5-2-6-16-27)40-38(42-39)43-33-20-10-7-17-29(33)30-18-8-11-21-34(30)43/h1-25H. The number of rotatable bonds is 4. The van der Waals surface area contributed by atoms with E-state index in [-0.39, 0.29) is 0 Å². The van der Waals surface area contributed by atoms with Crippen LogP contribution in [0.25, 0.3) is 78.0 Å². The van der Waals surface area contributed by atoms with Gasteiger partial charge >= 0.3 is 0 Å². The molecule has 0 unspecified atom stereocenters. The van der Waals surface area contributed by atoms with E-state index in [0.29, 0.717) is 17.7 Å². The Morgan fingerprint density at radius 3 is 1.30 bits per heavy atom. The van der Waals surface area contributed by atoms with E-state index in [1.165, 1.54) is 11.1 Å². The lowest BCUT2D eigenvalue weighted by atomic mass is 10.0. The molecule has 206 valence electrons. The molecule has 0 spiro atoms. The van der Waals surface area contributed by atoms with E-state index in [1.54, 1.807) is 0 Å². The highest BCUT2D eigenvalue weighted by Gasteiger charge is 2.20. The molecule has 5 nitrogen and oxygen atoms in total. The van der Waals surface area contributed by atoms with E-state index < -0.39 is 0 Å². The van der Waals surface area contributed by atoms with Crippen molar-refractivity contribution >= 4 is 43.6 Å². The van der Waals surface area contributed by atoms with Crippen LogP contribution in [0.5, 0.6) is 0 Å². The minimum atomic E-state index is 0.578. The van der Waals surface area contributed by atoms with Crippen molar-refractivity contribution in [3.63, 3.8) is 0 Å². The zero-order valence-corrected chi connectivity index (χ0v) is 23.7. The molecule has 0 aliphatic heterocycles. The lowest BCUT2D eigenvalue weighted by Gasteiger charge is -2.12. The molecule has 0 aliphatic rings. The van der Waals surface area contributed by atoms with Crippen LogP contribution in [0, 0.1) is 0 Å². The number of benzene rings is 6. The van der Waals surface area contributed by atoms with E-state index in [0.717, 1.165) is 49.2 Å². The summed E-state index contributed by atoms with van der Waals surface area (Å²) in [6.07, 6.45) is 0. The largest absolute Gasteiger partial charge is 0.278 e. The van der Waals surface area contributed by atoms with Crippen molar-refractivity contribution < 1.29 is 0 Å². The minimum absolute atomic E-state index is 0.578. The van der Waals surface area contributed by atoms with Gasteiger partial charge in [0.2, 0.25) is 11.9 Å². The van der Waals surface area contributed by atoms with Crippen LogP contribution in [0.15, 0.2) is 152 Å². The van der Waals surface area contributed by atoms with E-state index in [9.17, 15) is 0 Å². The molecule has 0 saturated carbocycles. The third-order valence-electron chi connectivity index (χ3n) is 8.40. The molecule has 0 aliphatic carbocycles. The molecular formula is C39H25N5. The van der Waals surface area contributed by atoms with Crippen molar-refractivity contribution in [2.24, 2.45) is 0 Å². The van der Waals surface area contributed by atoms with Gasteiger partial charge in [-0.25, -0.2) is 0 Å². The zero-order chi connectivity index (χ0) is 29.0. The molecule has 44 heavy (non-hydrogen) atoms. The Kier molecular flexibility index (Phi) is 5.43. The lowest BCUT2D eigenvalue weighted by Crippen LogP contribution is -2.10. The average Bonchev–Trinajstić information content (AvgIpc) is 3.62. The van der Waals surface area contributed by atoms with Crippen molar-refractivity contribution in [3.05, 3.63) is 152 Å². The first-order chi connectivity index (χ1) is 21.8. The summed E-state index contributed by atoms with van der Waals surface area (Å²) in [5, 5.41) is 4.63. The fraction of sp³-hybridized carbons (Fsp3) is 0. The fourth-order valence-corrected chi connectivity index (χ4v) is 6.41. The van der Waals surface area contributed by atoms with Gasteiger partial charge in [-0.3, -0.25) is 9.13 Å². The van der Waals surface area contributed by atoms with Crippen LogP contribution in [-0.2, 0) is 0 Å². The van der Waals surface area contributed by atoms with Crippen molar-refractivity contribution in [1.82, 2.24) is 24.1 Å². The lowest BCUT2D eigenvalue weighted by molar-refractivity contribution is 0.893. The van der Waals surface area contributed by atoms with Crippen LogP contribution >= 0.6 is 0 Å². The zero-order valence-electron chi connectivity index (χ0n) is 23.7. The predicted molar refractivity (Wildman–Crippen MR) is 179 cm³/mol. The van der Waals surface area contributed by atoms with Crippen molar-refractivity contribution in [2.75, 3.05) is 0 Å². The Labute approximate surface area is 253 Å². The van der Waals surface area contributed by atoms with Gasteiger partial charge in [0.25, 0.3) is 0 Å². The molecule has 5 heteroatoms. The fourth-order valence-electron chi connectivity index (χ4n) is 6.41. The number of nitrogens with zero attached hydrogens (tertiary/aromatic N) is 5. The maximum atomic E-state index is 5.23. The SMILES string of the molecule is c1ccc(-c2ccc3c(c2)c2ccccc2n3-c2nc(-c3ccccc3)nc(-n3c4ccccc4c4ccccc43)n2)cc1. The van der Waals surface area contributed by atoms with Crippen molar-refractivity contribution in [1.29, 1.82) is 0 Å². The minimum Gasteiger partial charge on any atom is -0.278 e. The highest BCUT2D eigenvalue weighted by Crippen LogP contribution is 2.36. The van der Waals surface area contributed by atoms with Gasteiger partial charge in [0.05, 0.1) is 22.1 Å². The van der Waals surface area contributed by atoms with E-state index in [2.05, 4.69) is 124 Å².